The molecule has 0 aliphatic heterocycles. The van der Waals surface area contributed by atoms with Gasteiger partial charge in [-0.05, 0) is 22.9 Å². The van der Waals surface area contributed by atoms with E-state index in [1.54, 1.807) is 4.68 Å². The fourth-order valence-electron chi connectivity index (χ4n) is 2.03. The second-order valence-corrected chi connectivity index (χ2v) is 4.51. The Labute approximate surface area is 120 Å². The van der Waals surface area contributed by atoms with Crippen molar-refractivity contribution in [1.29, 1.82) is 0 Å². The Morgan fingerprint density at radius 1 is 1.38 bits per heavy atom. The Bertz CT molecular complexity index is 763. The van der Waals surface area contributed by atoms with Crippen LogP contribution in [0, 0.1) is 0 Å². The maximum atomic E-state index is 12.1. The molecular formula is C13H14N6O2. The molecule has 0 aliphatic carbocycles. The Morgan fingerprint density at radius 2 is 2.24 bits per heavy atom. The summed E-state index contributed by atoms with van der Waals surface area (Å²) in [4.78, 5) is 12.1. The van der Waals surface area contributed by atoms with Crippen LogP contribution in [0.3, 0.4) is 0 Å². The van der Waals surface area contributed by atoms with Crippen LogP contribution in [0.4, 0.5) is 0 Å². The van der Waals surface area contributed by atoms with E-state index in [0.29, 0.717) is 12.4 Å². The summed E-state index contributed by atoms with van der Waals surface area (Å²) in [5.74, 6) is 0.0172. The molecule has 2 heterocycles. The highest BCUT2D eigenvalue weighted by molar-refractivity contribution is 6.01. The molecule has 2 aromatic heterocycles. The molecule has 0 saturated carbocycles. The lowest BCUT2D eigenvalue weighted by atomic mass is 10.2. The zero-order chi connectivity index (χ0) is 14.7. The fourth-order valence-corrected chi connectivity index (χ4v) is 2.03. The molecule has 0 amide bonds. The zero-order valence-electron chi connectivity index (χ0n) is 11.5. The van der Waals surface area contributed by atoms with Crippen LogP contribution in [0.2, 0.25) is 0 Å². The quantitative estimate of drug-likeness (QED) is 0.710. The molecule has 3 aromatic rings. The number of aryl methyl sites for hydroxylation is 1. The van der Waals surface area contributed by atoms with Crippen LogP contribution < -0.4 is 0 Å². The topological polar surface area (TPSA) is 98.6 Å². The number of esters is 1. The number of fused-ring (bicyclic) bond motifs is 1. The normalized spacial score (nSPS) is 10.9. The summed E-state index contributed by atoms with van der Waals surface area (Å²) in [5.41, 5.74) is 1.06. The number of hydrogen-bond acceptors (Lipinski definition) is 6. The molecule has 0 saturated heterocycles. The van der Waals surface area contributed by atoms with Crippen molar-refractivity contribution < 1.29 is 9.53 Å². The predicted molar refractivity (Wildman–Crippen MR) is 73.3 cm³/mol. The number of carbonyl (C=O) groups is 1. The van der Waals surface area contributed by atoms with Gasteiger partial charge in [-0.2, -0.15) is 5.10 Å². The van der Waals surface area contributed by atoms with E-state index in [2.05, 4.69) is 25.7 Å². The molecule has 0 bridgehead atoms. The van der Waals surface area contributed by atoms with Gasteiger partial charge in [0.2, 0.25) is 0 Å². The van der Waals surface area contributed by atoms with Gasteiger partial charge in [-0.3, -0.25) is 5.10 Å². The maximum absolute atomic E-state index is 12.1. The number of tetrazole rings is 1. The van der Waals surface area contributed by atoms with E-state index in [9.17, 15) is 4.79 Å². The van der Waals surface area contributed by atoms with Gasteiger partial charge in [0.25, 0.3) is 0 Å². The number of H-pyrrole nitrogens is 1. The second kappa shape index (κ2) is 5.70. The SMILES string of the molecule is CCCn1nnnc1COC(=O)c1n[nH]c2ccccc12. The summed E-state index contributed by atoms with van der Waals surface area (Å²) >= 11 is 0. The fraction of sp³-hybridized carbons (Fsp3) is 0.308. The molecule has 8 heteroatoms. The van der Waals surface area contributed by atoms with Gasteiger partial charge in [0.15, 0.2) is 18.1 Å². The smallest absolute Gasteiger partial charge is 0.359 e. The molecule has 1 aromatic carbocycles. The first-order valence-electron chi connectivity index (χ1n) is 6.65. The van der Waals surface area contributed by atoms with Crippen molar-refractivity contribution in [2.24, 2.45) is 0 Å². The van der Waals surface area contributed by atoms with E-state index < -0.39 is 5.97 Å². The van der Waals surface area contributed by atoms with Crippen LogP contribution in [-0.2, 0) is 17.9 Å². The van der Waals surface area contributed by atoms with Gasteiger partial charge in [0.1, 0.15) is 0 Å². The summed E-state index contributed by atoms with van der Waals surface area (Å²) in [7, 11) is 0. The van der Waals surface area contributed by atoms with Gasteiger partial charge in [-0.25, -0.2) is 9.48 Å². The number of rotatable bonds is 5. The third-order valence-electron chi connectivity index (χ3n) is 3.04. The molecule has 108 valence electrons. The zero-order valence-corrected chi connectivity index (χ0v) is 11.5. The number of ether oxygens (including phenoxy) is 1. The molecule has 0 radical (unpaired) electrons. The minimum Gasteiger partial charge on any atom is -0.453 e. The monoisotopic (exact) mass is 286 g/mol. The molecule has 0 spiro atoms. The van der Waals surface area contributed by atoms with E-state index >= 15 is 0 Å². The predicted octanol–water partition coefficient (Wildman–Crippen LogP) is 1.32. The van der Waals surface area contributed by atoms with E-state index in [-0.39, 0.29) is 12.3 Å². The number of benzene rings is 1. The van der Waals surface area contributed by atoms with Crippen molar-refractivity contribution in [2.45, 2.75) is 26.5 Å². The highest BCUT2D eigenvalue weighted by Crippen LogP contribution is 2.16. The second-order valence-electron chi connectivity index (χ2n) is 4.51. The standard InChI is InChI=1S/C13H14N6O2/c1-2-7-19-11(15-17-18-19)8-21-13(20)12-9-5-3-4-6-10(9)14-16-12/h3-6H,2,7-8H2,1H3,(H,14,16). The van der Waals surface area contributed by atoms with E-state index in [0.717, 1.165) is 17.3 Å². The molecule has 1 N–H and O–H groups in total. The lowest BCUT2D eigenvalue weighted by Gasteiger charge is -2.03. The number of nitrogens with zero attached hydrogens (tertiary/aromatic N) is 5. The Hall–Kier alpha value is -2.77. The van der Waals surface area contributed by atoms with Crippen molar-refractivity contribution in [1.82, 2.24) is 30.4 Å². The third-order valence-corrected chi connectivity index (χ3v) is 3.04. The molecule has 3 rings (SSSR count). The van der Waals surface area contributed by atoms with E-state index in [1.807, 2.05) is 31.2 Å². The minimum atomic E-state index is -0.501. The lowest BCUT2D eigenvalue weighted by Crippen LogP contribution is -2.11. The molecule has 0 aliphatic rings. The first kappa shape index (κ1) is 13.2. The largest absolute Gasteiger partial charge is 0.453 e. The van der Waals surface area contributed by atoms with Crippen LogP contribution in [-0.4, -0.2) is 36.4 Å². The number of aromatic amines is 1. The van der Waals surface area contributed by atoms with Gasteiger partial charge in [0, 0.05) is 11.9 Å². The summed E-state index contributed by atoms with van der Waals surface area (Å²) in [6.07, 6.45) is 0.899. The summed E-state index contributed by atoms with van der Waals surface area (Å²) in [6, 6.07) is 7.38. The number of hydrogen-bond donors (Lipinski definition) is 1. The van der Waals surface area contributed by atoms with Gasteiger partial charge >= 0.3 is 5.97 Å². The van der Waals surface area contributed by atoms with Gasteiger partial charge < -0.3 is 4.74 Å². The van der Waals surface area contributed by atoms with Crippen molar-refractivity contribution in [2.75, 3.05) is 0 Å². The highest BCUT2D eigenvalue weighted by Gasteiger charge is 2.16. The number of para-hydroxylation sites is 1. The maximum Gasteiger partial charge on any atom is 0.359 e. The molecule has 21 heavy (non-hydrogen) atoms. The first-order valence-corrected chi connectivity index (χ1v) is 6.65. The van der Waals surface area contributed by atoms with E-state index in [1.165, 1.54) is 0 Å². The molecular weight excluding hydrogens is 272 g/mol. The first-order chi connectivity index (χ1) is 10.3. The van der Waals surface area contributed by atoms with Crippen molar-refractivity contribution >= 4 is 16.9 Å². The van der Waals surface area contributed by atoms with Gasteiger partial charge in [-0.15, -0.1) is 5.10 Å². The minimum absolute atomic E-state index is 0.0209. The number of aromatic nitrogens is 6. The van der Waals surface area contributed by atoms with Gasteiger partial charge in [0.05, 0.1) is 5.52 Å². The van der Waals surface area contributed by atoms with Crippen molar-refractivity contribution in [3.8, 4) is 0 Å². The lowest BCUT2D eigenvalue weighted by molar-refractivity contribution is 0.0451. The summed E-state index contributed by atoms with van der Waals surface area (Å²) in [6.45, 7) is 2.73. The Kier molecular flexibility index (Phi) is 3.59. The van der Waals surface area contributed by atoms with Crippen LogP contribution in [0.15, 0.2) is 24.3 Å². The van der Waals surface area contributed by atoms with E-state index in [4.69, 9.17) is 4.74 Å². The van der Waals surface area contributed by atoms with Crippen LogP contribution in [0.5, 0.6) is 0 Å². The van der Waals surface area contributed by atoms with Gasteiger partial charge in [-0.1, -0.05) is 25.1 Å². The Morgan fingerprint density at radius 3 is 3.10 bits per heavy atom. The number of nitrogens with one attached hydrogen (secondary N) is 1. The Balaban J connectivity index is 1.73. The highest BCUT2D eigenvalue weighted by atomic mass is 16.5. The molecule has 8 nitrogen and oxygen atoms in total. The summed E-state index contributed by atoms with van der Waals surface area (Å²) in [5, 5.41) is 18.8. The van der Waals surface area contributed by atoms with Crippen molar-refractivity contribution in [3.63, 3.8) is 0 Å². The summed E-state index contributed by atoms with van der Waals surface area (Å²) < 4.78 is 6.86. The van der Waals surface area contributed by atoms with Crippen molar-refractivity contribution in [3.05, 3.63) is 35.8 Å². The van der Waals surface area contributed by atoms with Crippen LogP contribution in [0.25, 0.3) is 10.9 Å². The average molecular weight is 286 g/mol. The molecule has 0 atom stereocenters. The molecule has 0 fully saturated rings. The van der Waals surface area contributed by atoms with Crippen LogP contribution in [0.1, 0.15) is 29.7 Å². The number of carbonyl (C=O) groups excluding carboxylic acids is 1. The average Bonchev–Trinajstić information content (AvgIpc) is 3.12. The third kappa shape index (κ3) is 2.60. The molecule has 0 unspecified atom stereocenters. The van der Waals surface area contributed by atoms with Crippen LogP contribution >= 0.6 is 0 Å².